The smallest absolute Gasteiger partial charge is 0.147 e. The standard InChI is InChI=1S/C32H17BrO2/c33-30-21-12-3-1-10-19(21)28(20-11-2-4-13-22(20)30)25-17-24-18-9-5-7-15-26(18)34-31(24)29-23-14-6-8-16-27(23)35-32(25)29/h1-17H. The van der Waals surface area contributed by atoms with Crippen LogP contribution < -0.4 is 0 Å². The number of benzene rings is 6. The van der Waals surface area contributed by atoms with Crippen LogP contribution >= 0.6 is 15.9 Å². The van der Waals surface area contributed by atoms with E-state index in [1.54, 1.807) is 0 Å². The van der Waals surface area contributed by atoms with Gasteiger partial charge in [0.2, 0.25) is 0 Å². The molecule has 0 aliphatic heterocycles. The Morgan fingerprint density at radius 2 is 0.943 bits per heavy atom. The fourth-order valence-corrected chi connectivity index (χ4v) is 6.31. The number of hydrogen-bond donors (Lipinski definition) is 0. The van der Waals surface area contributed by atoms with Gasteiger partial charge in [0.05, 0.1) is 5.39 Å². The highest BCUT2D eigenvalue weighted by Crippen LogP contribution is 2.48. The Morgan fingerprint density at radius 1 is 0.457 bits per heavy atom. The summed E-state index contributed by atoms with van der Waals surface area (Å²) in [5.74, 6) is 0. The van der Waals surface area contributed by atoms with Crippen LogP contribution in [0.5, 0.6) is 0 Å². The van der Waals surface area contributed by atoms with Crippen molar-refractivity contribution in [1.82, 2.24) is 0 Å². The van der Waals surface area contributed by atoms with Gasteiger partial charge >= 0.3 is 0 Å². The van der Waals surface area contributed by atoms with Crippen molar-refractivity contribution in [3.8, 4) is 11.1 Å². The van der Waals surface area contributed by atoms with E-state index in [1.165, 1.54) is 27.1 Å². The third-order valence-corrected chi connectivity index (χ3v) is 7.98. The predicted molar refractivity (Wildman–Crippen MR) is 149 cm³/mol. The molecule has 2 nitrogen and oxygen atoms in total. The predicted octanol–water partition coefficient (Wildman–Crippen LogP) is 10.2. The van der Waals surface area contributed by atoms with Crippen molar-refractivity contribution in [2.24, 2.45) is 0 Å². The molecule has 0 aliphatic carbocycles. The van der Waals surface area contributed by atoms with Crippen LogP contribution in [0.15, 0.2) is 116 Å². The maximum absolute atomic E-state index is 6.60. The summed E-state index contributed by atoms with van der Waals surface area (Å²) < 4.78 is 14.2. The van der Waals surface area contributed by atoms with Crippen LogP contribution in [0.3, 0.4) is 0 Å². The molecule has 8 aromatic rings. The third-order valence-electron chi connectivity index (χ3n) is 7.12. The van der Waals surface area contributed by atoms with E-state index in [2.05, 4.69) is 94.8 Å². The summed E-state index contributed by atoms with van der Waals surface area (Å²) in [4.78, 5) is 0. The number of halogens is 1. The first kappa shape index (κ1) is 19.2. The van der Waals surface area contributed by atoms with Gasteiger partial charge in [0.1, 0.15) is 22.3 Å². The molecule has 0 aliphatic rings. The highest BCUT2D eigenvalue weighted by molar-refractivity contribution is 9.10. The van der Waals surface area contributed by atoms with E-state index in [-0.39, 0.29) is 0 Å². The topological polar surface area (TPSA) is 26.3 Å². The first-order valence-corrected chi connectivity index (χ1v) is 12.4. The summed E-state index contributed by atoms with van der Waals surface area (Å²) in [7, 11) is 0. The molecule has 164 valence electrons. The molecule has 8 rings (SSSR count). The SMILES string of the molecule is Brc1c2ccccc2c(-c2cc3c4ccccc4oc3c3c2oc2ccccc23)c2ccccc12. The van der Waals surface area contributed by atoms with Gasteiger partial charge < -0.3 is 8.83 Å². The number of hydrogen-bond acceptors (Lipinski definition) is 2. The van der Waals surface area contributed by atoms with Crippen molar-refractivity contribution in [3.05, 3.63) is 108 Å². The molecule has 35 heavy (non-hydrogen) atoms. The zero-order valence-corrected chi connectivity index (χ0v) is 20.1. The number of fused-ring (bicyclic) bond motifs is 9. The normalized spacial score (nSPS) is 12.1. The Morgan fingerprint density at radius 3 is 1.60 bits per heavy atom. The fraction of sp³-hybridized carbons (Fsp3) is 0. The molecule has 0 N–H and O–H groups in total. The minimum absolute atomic E-state index is 0.857. The molecule has 0 amide bonds. The van der Waals surface area contributed by atoms with Crippen LogP contribution in [0, 0.1) is 0 Å². The lowest BCUT2D eigenvalue weighted by molar-refractivity contribution is 0.663. The average molecular weight is 513 g/mol. The zero-order valence-electron chi connectivity index (χ0n) is 18.5. The summed E-state index contributed by atoms with van der Waals surface area (Å²) in [6, 6.07) is 35.9. The molecule has 0 unspecified atom stereocenters. The van der Waals surface area contributed by atoms with Crippen LogP contribution in [0.1, 0.15) is 0 Å². The number of rotatable bonds is 1. The Hall–Kier alpha value is -4.08. The third kappa shape index (κ3) is 2.53. The average Bonchev–Trinajstić information content (AvgIpc) is 3.47. The number of furan rings is 2. The van der Waals surface area contributed by atoms with Crippen molar-refractivity contribution in [1.29, 1.82) is 0 Å². The van der Waals surface area contributed by atoms with Crippen LogP contribution in [0.4, 0.5) is 0 Å². The van der Waals surface area contributed by atoms with Crippen LogP contribution in [-0.2, 0) is 0 Å². The molecule has 2 aromatic heterocycles. The minimum Gasteiger partial charge on any atom is -0.455 e. The molecule has 0 atom stereocenters. The molecule has 0 radical (unpaired) electrons. The maximum atomic E-state index is 6.60. The zero-order chi connectivity index (χ0) is 23.1. The van der Waals surface area contributed by atoms with Crippen LogP contribution in [0.2, 0.25) is 0 Å². The fourth-order valence-electron chi connectivity index (χ4n) is 5.62. The summed E-state index contributed by atoms with van der Waals surface area (Å²) in [6.45, 7) is 0. The highest BCUT2D eigenvalue weighted by Gasteiger charge is 2.23. The maximum Gasteiger partial charge on any atom is 0.147 e. The van der Waals surface area contributed by atoms with Gasteiger partial charge in [-0.05, 0) is 55.7 Å². The van der Waals surface area contributed by atoms with Crippen molar-refractivity contribution >= 4 is 81.4 Å². The van der Waals surface area contributed by atoms with Gasteiger partial charge in [0, 0.05) is 31.8 Å². The van der Waals surface area contributed by atoms with Gasteiger partial charge in [-0.15, -0.1) is 0 Å². The lowest BCUT2D eigenvalue weighted by Gasteiger charge is -2.15. The molecule has 0 spiro atoms. The quantitative estimate of drug-likeness (QED) is 0.204. The minimum atomic E-state index is 0.857. The molecular weight excluding hydrogens is 496 g/mol. The molecule has 0 fully saturated rings. The van der Waals surface area contributed by atoms with E-state index in [0.29, 0.717) is 0 Å². The molecule has 0 saturated heterocycles. The highest BCUT2D eigenvalue weighted by atomic mass is 79.9. The summed E-state index contributed by atoms with van der Waals surface area (Å²) in [5, 5.41) is 9.05. The lowest BCUT2D eigenvalue weighted by atomic mass is 9.90. The second-order valence-electron chi connectivity index (χ2n) is 8.98. The second kappa shape index (κ2) is 6.97. The second-order valence-corrected chi connectivity index (χ2v) is 9.77. The molecular formula is C32H17BrO2. The molecule has 0 bridgehead atoms. The van der Waals surface area contributed by atoms with Gasteiger partial charge in [0.25, 0.3) is 0 Å². The first-order valence-electron chi connectivity index (χ1n) is 11.6. The molecule has 2 heterocycles. The Kier molecular flexibility index (Phi) is 3.83. The summed E-state index contributed by atoms with van der Waals surface area (Å²) in [6.07, 6.45) is 0. The molecule has 0 saturated carbocycles. The van der Waals surface area contributed by atoms with E-state index >= 15 is 0 Å². The Bertz CT molecular complexity index is 2070. The molecule has 3 heteroatoms. The van der Waals surface area contributed by atoms with Gasteiger partial charge in [-0.1, -0.05) is 84.9 Å². The number of para-hydroxylation sites is 2. The largest absolute Gasteiger partial charge is 0.455 e. The summed E-state index contributed by atoms with van der Waals surface area (Å²) >= 11 is 3.89. The van der Waals surface area contributed by atoms with E-state index in [4.69, 9.17) is 8.83 Å². The Labute approximate surface area is 208 Å². The van der Waals surface area contributed by atoms with Gasteiger partial charge in [-0.2, -0.15) is 0 Å². The van der Waals surface area contributed by atoms with Crippen LogP contribution in [-0.4, -0.2) is 0 Å². The van der Waals surface area contributed by atoms with Crippen molar-refractivity contribution < 1.29 is 8.83 Å². The van der Waals surface area contributed by atoms with Gasteiger partial charge in [0.15, 0.2) is 0 Å². The van der Waals surface area contributed by atoms with Crippen molar-refractivity contribution in [2.75, 3.05) is 0 Å². The van der Waals surface area contributed by atoms with E-state index in [9.17, 15) is 0 Å². The van der Waals surface area contributed by atoms with Crippen molar-refractivity contribution in [3.63, 3.8) is 0 Å². The van der Waals surface area contributed by atoms with E-state index in [0.717, 1.165) is 53.9 Å². The van der Waals surface area contributed by atoms with Crippen LogP contribution in [0.25, 0.3) is 76.5 Å². The lowest BCUT2D eigenvalue weighted by Crippen LogP contribution is -1.88. The Balaban J connectivity index is 1.69. The van der Waals surface area contributed by atoms with Gasteiger partial charge in [-0.3, -0.25) is 0 Å². The monoisotopic (exact) mass is 512 g/mol. The van der Waals surface area contributed by atoms with Gasteiger partial charge in [-0.25, -0.2) is 0 Å². The van der Waals surface area contributed by atoms with E-state index in [1.807, 2.05) is 24.3 Å². The van der Waals surface area contributed by atoms with Crippen molar-refractivity contribution in [2.45, 2.75) is 0 Å². The first-order chi connectivity index (χ1) is 17.3. The molecule has 6 aromatic carbocycles. The van der Waals surface area contributed by atoms with E-state index < -0.39 is 0 Å². The summed E-state index contributed by atoms with van der Waals surface area (Å²) in [5.41, 5.74) is 5.74.